The van der Waals surface area contributed by atoms with Crippen molar-refractivity contribution in [1.29, 1.82) is 0 Å². The van der Waals surface area contributed by atoms with Gasteiger partial charge in [-0.1, -0.05) is 72.8 Å². The highest BCUT2D eigenvalue weighted by molar-refractivity contribution is 5.92. The minimum Gasteiger partial charge on any atom is -0.342 e. The predicted molar refractivity (Wildman–Crippen MR) is 91.2 cm³/mol. The molecule has 0 saturated heterocycles. The van der Waals surface area contributed by atoms with Gasteiger partial charge in [0.2, 0.25) is 0 Å². The number of aliphatic imine (C=N–C) groups is 1. The third-order valence-corrected chi connectivity index (χ3v) is 4.62. The number of hydrogen-bond acceptors (Lipinski definition) is 2. The monoisotopic (exact) mass is 324 g/mol. The maximum atomic E-state index is 14.6. The number of alkyl halides is 2. The Balaban J connectivity index is 1.84. The average molecular weight is 324 g/mol. The molecule has 2 nitrogen and oxygen atoms in total. The van der Waals surface area contributed by atoms with E-state index in [1.54, 1.807) is 11.0 Å². The largest absolute Gasteiger partial charge is 0.342 e. The van der Waals surface area contributed by atoms with Gasteiger partial charge in [-0.2, -0.15) is 8.78 Å². The SMILES string of the molecule is FC1(F)CC=CCN2C1=N[C@H](c1ccccc1)[C@H]2c1ccccc1. The van der Waals surface area contributed by atoms with E-state index in [0.29, 0.717) is 6.54 Å². The van der Waals surface area contributed by atoms with Crippen LogP contribution >= 0.6 is 0 Å². The maximum absolute atomic E-state index is 14.6. The van der Waals surface area contributed by atoms with Crippen LogP contribution in [0.3, 0.4) is 0 Å². The highest BCUT2D eigenvalue weighted by Gasteiger charge is 2.48. The van der Waals surface area contributed by atoms with Crippen LogP contribution in [0.25, 0.3) is 0 Å². The zero-order valence-corrected chi connectivity index (χ0v) is 13.1. The second kappa shape index (κ2) is 5.86. The average Bonchev–Trinajstić information content (AvgIpc) is 2.94. The van der Waals surface area contributed by atoms with E-state index in [1.807, 2.05) is 66.7 Å². The summed E-state index contributed by atoms with van der Waals surface area (Å²) >= 11 is 0. The lowest BCUT2D eigenvalue weighted by atomic mass is 9.94. The molecule has 0 N–H and O–H groups in total. The molecule has 0 saturated carbocycles. The molecule has 0 unspecified atom stereocenters. The van der Waals surface area contributed by atoms with E-state index in [-0.39, 0.29) is 24.3 Å². The van der Waals surface area contributed by atoms with Crippen LogP contribution in [0.15, 0.2) is 77.8 Å². The van der Waals surface area contributed by atoms with Gasteiger partial charge < -0.3 is 4.90 Å². The summed E-state index contributed by atoms with van der Waals surface area (Å²) in [5, 5.41) is 0. The Labute approximate surface area is 140 Å². The number of hydrogen-bond donors (Lipinski definition) is 0. The molecule has 4 heteroatoms. The van der Waals surface area contributed by atoms with E-state index >= 15 is 0 Å². The Hall–Kier alpha value is -2.49. The molecule has 0 radical (unpaired) electrons. The fourth-order valence-electron chi connectivity index (χ4n) is 3.51. The van der Waals surface area contributed by atoms with Gasteiger partial charge in [-0.25, -0.2) is 0 Å². The van der Waals surface area contributed by atoms with Gasteiger partial charge in [0.05, 0.1) is 6.04 Å². The number of nitrogens with zero attached hydrogens (tertiary/aromatic N) is 2. The molecule has 2 atom stereocenters. The Bertz CT molecular complexity index is 769. The molecule has 2 aromatic rings. The third kappa shape index (κ3) is 2.52. The van der Waals surface area contributed by atoms with Crippen molar-refractivity contribution in [2.24, 2.45) is 4.99 Å². The van der Waals surface area contributed by atoms with E-state index < -0.39 is 5.92 Å². The smallest absolute Gasteiger partial charge is 0.307 e. The molecule has 122 valence electrons. The first kappa shape index (κ1) is 15.1. The van der Waals surface area contributed by atoms with Crippen LogP contribution in [0, 0.1) is 0 Å². The summed E-state index contributed by atoms with van der Waals surface area (Å²) in [6.07, 6.45) is 3.09. The molecule has 0 fully saturated rings. The van der Waals surface area contributed by atoms with Crippen molar-refractivity contribution in [2.75, 3.05) is 6.54 Å². The van der Waals surface area contributed by atoms with Crippen LogP contribution in [-0.2, 0) is 0 Å². The summed E-state index contributed by atoms with van der Waals surface area (Å²) in [4.78, 5) is 6.26. The van der Waals surface area contributed by atoms with Crippen molar-refractivity contribution in [2.45, 2.75) is 24.4 Å². The number of rotatable bonds is 2. The van der Waals surface area contributed by atoms with Gasteiger partial charge in [0, 0.05) is 13.0 Å². The van der Waals surface area contributed by atoms with Crippen LogP contribution in [0.5, 0.6) is 0 Å². The van der Waals surface area contributed by atoms with Gasteiger partial charge in [0.25, 0.3) is 0 Å². The van der Waals surface area contributed by atoms with E-state index in [1.165, 1.54) is 0 Å². The van der Waals surface area contributed by atoms with Gasteiger partial charge in [-0.3, -0.25) is 4.99 Å². The van der Waals surface area contributed by atoms with Crippen molar-refractivity contribution < 1.29 is 8.78 Å². The lowest BCUT2D eigenvalue weighted by Crippen LogP contribution is -2.41. The molecule has 0 aliphatic carbocycles. The molecular weight excluding hydrogens is 306 g/mol. The van der Waals surface area contributed by atoms with E-state index in [0.717, 1.165) is 11.1 Å². The van der Waals surface area contributed by atoms with E-state index in [9.17, 15) is 8.78 Å². The minimum absolute atomic E-state index is 0.0878. The second-order valence-electron chi connectivity index (χ2n) is 6.20. The molecule has 0 amide bonds. The Morgan fingerprint density at radius 2 is 1.50 bits per heavy atom. The summed E-state index contributed by atoms with van der Waals surface area (Å²) in [6.45, 7) is 0.456. The van der Waals surface area contributed by atoms with Crippen LogP contribution in [0.1, 0.15) is 29.6 Å². The normalized spacial score (nSPS) is 25.1. The summed E-state index contributed by atoms with van der Waals surface area (Å²) in [7, 11) is 0. The fraction of sp³-hybridized carbons (Fsp3) is 0.250. The predicted octanol–water partition coefficient (Wildman–Crippen LogP) is 4.78. The molecule has 0 spiro atoms. The van der Waals surface area contributed by atoms with Crippen molar-refractivity contribution in [3.8, 4) is 0 Å². The summed E-state index contributed by atoms with van der Waals surface area (Å²) < 4.78 is 29.1. The van der Waals surface area contributed by atoms with Gasteiger partial charge in [-0.15, -0.1) is 0 Å². The van der Waals surface area contributed by atoms with Crippen molar-refractivity contribution in [1.82, 2.24) is 4.90 Å². The van der Waals surface area contributed by atoms with E-state index in [4.69, 9.17) is 0 Å². The van der Waals surface area contributed by atoms with Gasteiger partial charge in [0.1, 0.15) is 6.04 Å². The van der Waals surface area contributed by atoms with Crippen LogP contribution in [0.4, 0.5) is 8.78 Å². The van der Waals surface area contributed by atoms with Crippen LogP contribution in [0.2, 0.25) is 0 Å². The molecular formula is C20H18F2N2. The first-order valence-electron chi connectivity index (χ1n) is 8.14. The van der Waals surface area contributed by atoms with Crippen LogP contribution in [-0.4, -0.2) is 23.2 Å². The summed E-state index contributed by atoms with van der Waals surface area (Å²) in [5.41, 5.74) is 1.97. The lowest BCUT2D eigenvalue weighted by molar-refractivity contribution is 0.0687. The van der Waals surface area contributed by atoms with Gasteiger partial charge >= 0.3 is 5.92 Å². The maximum Gasteiger partial charge on any atom is 0.307 e. The van der Waals surface area contributed by atoms with Gasteiger partial charge in [0.15, 0.2) is 5.84 Å². The third-order valence-electron chi connectivity index (χ3n) is 4.62. The topological polar surface area (TPSA) is 15.6 Å². The first-order chi connectivity index (χ1) is 11.7. The van der Waals surface area contributed by atoms with Crippen molar-refractivity contribution in [3.05, 3.63) is 83.9 Å². The molecule has 2 aliphatic rings. The molecule has 4 rings (SSSR count). The molecule has 0 aromatic heterocycles. The molecule has 2 aliphatic heterocycles. The minimum atomic E-state index is -2.93. The van der Waals surface area contributed by atoms with Crippen molar-refractivity contribution in [3.63, 3.8) is 0 Å². The lowest BCUT2D eigenvalue weighted by Gasteiger charge is -2.31. The number of benzene rings is 2. The zero-order valence-electron chi connectivity index (χ0n) is 13.1. The van der Waals surface area contributed by atoms with Crippen LogP contribution < -0.4 is 0 Å². The summed E-state index contributed by atoms with van der Waals surface area (Å²) in [5.74, 6) is -3.01. The highest BCUT2D eigenvalue weighted by Crippen LogP contribution is 2.46. The number of fused-ring (bicyclic) bond motifs is 1. The molecule has 2 aromatic carbocycles. The molecule has 0 bridgehead atoms. The van der Waals surface area contributed by atoms with E-state index in [2.05, 4.69) is 4.99 Å². The molecule has 24 heavy (non-hydrogen) atoms. The fourth-order valence-corrected chi connectivity index (χ4v) is 3.51. The quantitative estimate of drug-likeness (QED) is 0.726. The molecule has 2 heterocycles. The number of halogens is 2. The highest BCUT2D eigenvalue weighted by atomic mass is 19.3. The Morgan fingerprint density at radius 1 is 0.875 bits per heavy atom. The summed E-state index contributed by atoms with van der Waals surface area (Å²) in [6, 6.07) is 19.0. The standard InChI is InChI=1S/C20H18F2N2/c21-20(22)13-7-8-14-24-18(16-11-5-2-6-12-16)17(23-19(20)24)15-9-3-1-4-10-15/h1-12,17-18H,13-14H2/t17-,18-/m1/s1. The first-order valence-corrected chi connectivity index (χ1v) is 8.14. The number of amidine groups is 1. The Kier molecular flexibility index (Phi) is 3.68. The Morgan fingerprint density at radius 3 is 2.17 bits per heavy atom. The second-order valence-corrected chi connectivity index (χ2v) is 6.20. The zero-order chi connectivity index (χ0) is 16.6. The van der Waals surface area contributed by atoms with Crippen molar-refractivity contribution >= 4 is 5.84 Å². The number of allylic oxidation sites excluding steroid dienone is 1. The van der Waals surface area contributed by atoms with Gasteiger partial charge in [-0.05, 0) is 11.1 Å².